The number of carboxylic acid groups (broad SMARTS) is 1. The van der Waals surface area contributed by atoms with Crippen LogP contribution < -0.4 is 27.0 Å². The maximum Gasteiger partial charge on any atom is 0.322 e. The second-order valence-corrected chi connectivity index (χ2v) is 7.84. The minimum Gasteiger partial charge on any atom is -0.480 e. The molecular weight excluding hydrogens is 402 g/mol. The number of carboxylic acids is 1. The average molecular weight is 427 g/mol. The van der Waals surface area contributed by atoms with Gasteiger partial charge in [-0.1, -0.05) is 6.08 Å². The first kappa shape index (κ1) is 22.5. The lowest BCUT2D eigenvalue weighted by Crippen LogP contribution is -2.48. The number of nitrogens with two attached hydrogens (primary N) is 1. The quantitative estimate of drug-likeness (QED) is 0.177. The zero-order valence-corrected chi connectivity index (χ0v) is 16.5. The largest absolute Gasteiger partial charge is 0.480 e. The van der Waals surface area contributed by atoms with Crippen LogP contribution in [-0.4, -0.2) is 65.3 Å². The maximum absolute atomic E-state index is 12.1. The number of unbranched alkanes of at least 4 members (excludes halogenated alkanes) is 1. The molecule has 2 saturated heterocycles. The number of carbonyl (C=O) groups excluding carboxylic acids is 4. The smallest absolute Gasteiger partial charge is 0.322 e. The normalized spacial score (nSPS) is 22.3. The van der Waals surface area contributed by atoms with Crippen molar-refractivity contribution in [3.05, 3.63) is 11.0 Å². The van der Waals surface area contributed by atoms with E-state index in [0.29, 0.717) is 12.8 Å². The predicted molar refractivity (Wildman–Crippen MR) is 105 cm³/mol. The van der Waals surface area contributed by atoms with Gasteiger partial charge in [-0.15, -0.1) is 11.8 Å². The highest BCUT2D eigenvalue weighted by atomic mass is 32.2. The fourth-order valence-electron chi connectivity index (χ4n) is 3.02. The van der Waals surface area contributed by atoms with Crippen LogP contribution in [0.15, 0.2) is 11.0 Å². The SMILES string of the molecule is NC(=O)CCC(NC(=O)CCC/C=C1\SCC2NC(=O)NC12)C(=O)NCC(=O)O. The van der Waals surface area contributed by atoms with Gasteiger partial charge < -0.3 is 32.1 Å². The first-order valence-corrected chi connectivity index (χ1v) is 10.2. The maximum atomic E-state index is 12.1. The van der Waals surface area contributed by atoms with Crippen molar-refractivity contribution in [3.8, 4) is 0 Å². The minimum absolute atomic E-state index is 0.0109. The Bertz CT molecular complexity index is 712. The van der Waals surface area contributed by atoms with Crippen molar-refractivity contribution < 1.29 is 29.1 Å². The van der Waals surface area contributed by atoms with Crippen LogP contribution in [0.25, 0.3) is 0 Å². The van der Waals surface area contributed by atoms with E-state index in [-0.39, 0.29) is 43.3 Å². The van der Waals surface area contributed by atoms with E-state index in [4.69, 9.17) is 10.8 Å². The lowest BCUT2D eigenvalue weighted by atomic mass is 10.1. The lowest BCUT2D eigenvalue weighted by molar-refractivity contribution is -0.138. The molecule has 3 unspecified atom stereocenters. The van der Waals surface area contributed by atoms with Crippen molar-refractivity contribution in [3.63, 3.8) is 0 Å². The molecule has 2 aliphatic heterocycles. The van der Waals surface area contributed by atoms with Crippen molar-refractivity contribution in [2.24, 2.45) is 5.73 Å². The third-order valence-electron chi connectivity index (χ3n) is 4.44. The first-order chi connectivity index (χ1) is 13.8. The number of nitrogens with one attached hydrogen (secondary N) is 4. The zero-order valence-electron chi connectivity index (χ0n) is 15.7. The number of hydrogen-bond acceptors (Lipinski definition) is 6. The first-order valence-electron chi connectivity index (χ1n) is 9.23. The van der Waals surface area contributed by atoms with Crippen LogP contribution in [-0.2, 0) is 19.2 Å². The van der Waals surface area contributed by atoms with Crippen molar-refractivity contribution in [1.82, 2.24) is 21.3 Å². The lowest BCUT2D eigenvalue weighted by Gasteiger charge is -2.17. The minimum atomic E-state index is -1.22. The Kier molecular flexibility index (Phi) is 8.31. The summed E-state index contributed by atoms with van der Waals surface area (Å²) in [6.07, 6.45) is 3.20. The molecule has 3 atom stereocenters. The van der Waals surface area contributed by atoms with Crippen LogP contribution in [0.4, 0.5) is 4.79 Å². The van der Waals surface area contributed by atoms with Gasteiger partial charge >= 0.3 is 12.0 Å². The summed E-state index contributed by atoms with van der Waals surface area (Å²) in [6, 6.07) is -1.12. The third-order valence-corrected chi connectivity index (χ3v) is 5.72. The van der Waals surface area contributed by atoms with Crippen molar-refractivity contribution in [2.75, 3.05) is 12.3 Å². The number of allylic oxidation sites excluding steroid dienone is 1. The number of urea groups is 1. The van der Waals surface area contributed by atoms with Gasteiger partial charge in [0.2, 0.25) is 17.7 Å². The number of thioether (sulfide) groups is 1. The van der Waals surface area contributed by atoms with Gasteiger partial charge in [-0.3, -0.25) is 19.2 Å². The van der Waals surface area contributed by atoms with Gasteiger partial charge in [-0.05, 0) is 19.3 Å². The number of amides is 5. The summed E-state index contributed by atoms with van der Waals surface area (Å²) < 4.78 is 0. The van der Waals surface area contributed by atoms with Crippen LogP contribution in [0, 0.1) is 0 Å². The zero-order chi connectivity index (χ0) is 21.4. The Morgan fingerprint density at radius 3 is 2.72 bits per heavy atom. The monoisotopic (exact) mass is 427 g/mol. The second-order valence-electron chi connectivity index (χ2n) is 6.75. The molecular formula is C17H25N5O6S. The highest BCUT2D eigenvalue weighted by molar-refractivity contribution is 8.03. The fraction of sp³-hybridized carbons (Fsp3) is 0.588. The molecule has 2 fully saturated rings. The van der Waals surface area contributed by atoms with Crippen LogP contribution in [0.2, 0.25) is 0 Å². The van der Waals surface area contributed by atoms with Crippen LogP contribution in [0.3, 0.4) is 0 Å². The Balaban J connectivity index is 1.77. The van der Waals surface area contributed by atoms with E-state index < -0.39 is 30.4 Å². The average Bonchev–Trinajstić information content (AvgIpc) is 3.19. The molecule has 29 heavy (non-hydrogen) atoms. The van der Waals surface area contributed by atoms with E-state index >= 15 is 0 Å². The highest BCUT2D eigenvalue weighted by Crippen LogP contribution is 2.33. The van der Waals surface area contributed by atoms with Crippen molar-refractivity contribution in [2.45, 2.75) is 50.2 Å². The molecule has 12 heteroatoms. The number of carbonyl (C=O) groups is 5. The van der Waals surface area contributed by atoms with Gasteiger partial charge in [-0.2, -0.15) is 0 Å². The molecule has 0 bridgehead atoms. The Labute approximate surface area is 171 Å². The number of hydrogen-bond donors (Lipinski definition) is 6. The molecule has 0 saturated carbocycles. The number of fused-ring (bicyclic) bond motifs is 1. The van der Waals surface area contributed by atoms with E-state index in [1.165, 1.54) is 0 Å². The molecule has 2 heterocycles. The summed E-state index contributed by atoms with van der Waals surface area (Å²) in [5.41, 5.74) is 5.08. The molecule has 2 aliphatic rings. The molecule has 0 spiro atoms. The van der Waals surface area contributed by atoms with Gasteiger partial charge in [0, 0.05) is 23.5 Å². The van der Waals surface area contributed by atoms with Crippen molar-refractivity contribution >= 4 is 41.5 Å². The number of rotatable bonds is 11. The molecule has 0 aliphatic carbocycles. The van der Waals surface area contributed by atoms with E-state index in [0.717, 1.165) is 10.7 Å². The van der Waals surface area contributed by atoms with Crippen molar-refractivity contribution in [1.29, 1.82) is 0 Å². The summed E-state index contributed by atoms with van der Waals surface area (Å²) >= 11 is 1.67. The van der Waals surface area contributed by atoms with Gasteiger partial charge in [0.25, 0.3) is 0 Å². The fourth-order valence-corrected chi connectivity index (χ4v) is 4.31. The summed E-state index contributed by atoms with van der Waals surface area (Å²) in [5, 5.41) is 19.0. The molecule has 0 radical (unpaired) electrons. The highest BCUT2D eigenvalue weighted by Gasteiger charge is 2.39. The molecule has 0 aromatic heterocycles. The van der Waals surface area contributed by atoms with Gasteiger partial charge in [0.15, 0.2) is 0 Å². The second kappa shape index (κ2) is 10.7. The van der Waals surface area contributed by atoms with Crippen LogP contribution in [0.1, 0.15) is 32.1 Å². The topological polar surface area (TPSA) is 180 Å². The van der Waals surface area contributed by atoms with E-state index in [9.17, 15) is 24.0 Å². The van der Waals surface area contributed by atoms with Gasteiger partial charge in [0.1, 0.15) is 12.6 Å². The summed E-state index contributed by atoms with van der Waals surface area (Å²) in [6.45, 7) is -0.583. The molecule has 5 amide bonds. The van der Waals surface area contributed by atoms with Gasteiger partial charge in [0.05, 0.1) is 12.1 Å². The molecule has 2 rings (SSSR count). The molecule has 7 N–H and O–H groups in total. The number of primary amides is 1. The molecule has 0 aromatic carbocycles. The molecule has 160 valence electrons. The van der Waals surface area contributed by atoms with Gasteiger partial charge in [-0.25, -0.2) is 4.79 Å². The van der Waals surface area contributed by atoms with Crippen LogP contribution in [0.5, 0.6) is 0 Å². The summed E-state index contributed by atoms with van der Waals surface area (Å²) in [4.78, 5) is 58.1. The molecule has 11 nitrogen and oxygen atoms in total. The Morgan fingerprint density at radius 1 is 1.28 bits per heavy atom. The van der Waals surface area contributed by atoms with Crippen LogP contribution >= 0.6 is 11.8 Å². The Morgan fingerprint density at radius 2 is 2.03 bits per heavy atom. The standard InChI is InChI=1S/C17H25N5O6S/c18-12(23)6-5-9(16(27)19-7-14(25)26)20-13(24)4-2-1-3-11-15-10(8-29-11)21-17(28)22-15/h3,9-10,15H,1-2,4-8H2,(H2,18,23)(H,19,27)(H,20,24)(H,25,26)(H2,21,22,28)/b11-3-. The van der Waals surface area contributed by atoms with E-state index in [1.807, 2.05) is 6.08 Å². The van der Waals surface area contributed by atoms with E-state index in [1.54, 1.807) is 11.8 Å². The predicted octanol–water partition coefficient (Wildman–Crippen LogP) is -1.21. The summed E-state index contributed by atoms with van der Waals surface area (Å²) in [7, 11) is 0. The third kappa shape index (κ3) is 7.29. The summed E-state index contributed by atoms with van der Waals surface area (Å²) in [5.74, 6) is -2.09. The Hall–Kier alpha value is -2.76. The molecule has 0 aromatic rings. The number of aliphatic carboxylic acids is 1. The van der Waals surface area contributed by atoms with E-state index in [2.05, 4.69) is 21.3 Å².